The van der Waals surface area contributed by atoms with Crippen molar-refractivity contribution in [2.24, 2.45) is 5.41 Å². The lowest BCUT2D eigenvalue weighted by molar-refractivity contribution is 0.0697. The second kappa shape index (κ2) is 4.73. The number of nitrogens with one attached hydrogen (secondary N) is 2. The van der Waals surface area contributed by atoms with Crippen molar-refractivity contribution in [3.8, 4) is 0 Å². The molecule has 20 heavy (non-hydrogen) atoms. The summed E-state index contributed by atoms with van der Waals surface area (Å²) in [6.07, 6.45) is 0.810. The fourth-order valence-corrected chi connectivity index (χ4v) is 1.86. The Hall–Kier alpha value is -2.18. The average Bonchev–Trinajstić information content (AvgIpc) is 2.90. The van der Waals surface area contributed by atoms with Crippen molar-refractivity contribution in [2.45, 2.75) is 26.3 Å². The van der Waals surface area contributed by atoms with Crippen LogP contribution in [0.5, 0.6) is 0 Å². The molecule has 5 nitrogen and oxygen atoms in total. The number of benzene rings is 1. The summed E-state index contributed by atoms with van der Waals surface area (Å²) in [4.78, 5) is 22.6. The van der Waals surface area contributed by atoms with Gasteiger partial charge in [0, 0.05) is 12.1 Å². The van der Waals surface area contributed by atoms with Gasteiger partial charge in [0.25, 0.3) is 0 Å². The number of hydrogen-bond donors (Lipinski definition) is 3. The maximum Gasteiger partial charge on any atom is 0.337 e. The third kappa shape index (κ3) is 2.87. The molecule has 0 aliphatic heterocycles. The lowest BCUT2D eigenvalue weighted by Gasteiger charge is -2.11. The zero-order valence-corrected chi connectivity index (χ0v) is 11.0. The fraction of sp³-hybridized carbons (Fsp3) is 0.385. The fourth-order valence-electron chi connectivity index (χ4n) is 1.86. The van der Waals surface area contributed by atoms with Gasteiger partial charge >= 0.3 is 12.0 Å². The number of anilines is 1. The van der Waals surface area contributed by atoms with Gasteiger partial charge < -0.3 is 15.7 Å². The van der Waals surface area contributed by atoms with Gasteiger partial charge in [0.2, 0.25) is 0 Å². The Kier molecular flexibility index (Phi) is 3.37. The lowest BCUT2D eigenvalue weighted by atomic mass is 10.1. The number of hydrogen-bond acceptors (Lipinski definition) is 2. The van der Waals surface area contributed by atoms with E-state index in [1.54, 1.807) is 0 Å². The number of halogens is 2. The van der Waals surface area contributed by atoms with Gasteiger partial charge in [0.1, 0.15) is 0 Å². The summed E-state index contributed by atoms with van der Waals surface area (Å²) in [5, 5.41) is 13.8. The molecule has 1 aliphatic carbocycles. The van der Waals surface area contributed by atoms with Gasteiger partial charge in [-0.3, -0.25) is 0 Å². The van der Waals surface area contributed by atoms with Crippen molar-refractivity contribution in [1.29, 1.82) is 0 Å². The van der Waals surface area contributed by atoms with E-state index in [-0.39, 0.29) is 17.1 Å². The smallest absolute Gasteiger partial charge is 0.337 e. The first-order chi connectivity index (χ1) is 9.20. The Bertz CT molecular complexity index is 587. The first-order valence-corrected chi connectivity index (χ1v) is 6.00. The minimum atomic E-state index is -1.45. The molecule has 2 rings (SSSR count). The molecular formula is C13H14F2N2O3. The standard InChI is InChI=1S/C13H14F2N2O3/c1-13(2)5-10(13)17-12(20)16-9-4-8(15)7(14)3-6(9)11(18)19/h3-4,10H,5H2,1-2H3,(H,18,19)(H2,16,17,20). The van der Waals surface area contributed by atoms with Crippen molar-refractivity contribution < 1.29 is 23.5 Å². The number of carbonyl (C=O) groups excluding carboxylic acids is 1. The molecule has 0 spiro atoms. The number of rotatable bonds is 3. The van der Waals surface area contributed by atoms with Gasteiger partial charge in [-0.15, -0.1) is 0 Å². The minimum absolute atomic E-state index is 0.00101. The van der Waals surface area contributed by atoms with Crippen LogP contribution in [0.2, 0.25) is 0 Å². The monoisotopic (exact) mass is 284 g/mol. The Morgan fingerprint density at radius 2 is 1.85 bits per heavy atom. The normalized spacial score (nSPS) is 19.3. The summed E-state index contributed by atoms with van der Waals surface area (Å²) >= 11 is 0. The van der Waals surface area contributed by atoms with Crippen LogP contribution in [0.1, 0.15) is 30.6 Å². The molecule has 0 radical (unpaired) electrons. The predicted octanol–water partition coefficient (Wildman–Crippen LogP) is 2.58. The first kappa shape index (κ1) is 14.2. The van der Waals surface area contributed by atoms with Crippen LogP contribution in [0, 0.1) is 17.0 Å². The zero-order valence-electron chi connectivity index (χ0n) is 11.0. The van der Waals surface area contributed by atoms with E-state index in [1.807, 2.05) is 13.8 Å². The van der Waals surface area contributed by atoms with E-state index < -0.39 is 29.2 Å². The van der Waals surface area contributed by atoms with Gasteiger partial charge in [-0.25, -0.2) is 18.4 Å². The highest BCUT2D eigenvalue weighted by molar-refractivity contribution is 6.00. The molecule has 1 atom stereocenters. The van der Waals surface area contributed by atoms with Gasteiger partial charge in [-0.05, 0) is 17.9 Å². The van der Waals surface area contributed by atoms with Crippen molar-refractivity contribution in [3.63, 3.8) is 0 Å². The third-order valence-corrected chi connectivity index (χ3v) is 3.36. The van der Waals surface area contributed by atoms with Crippen LogP contribution in [0.4, 0.5) is 19.3 Å². The summed E-state index contributed by atoms with van der Waals surface area (Å²) in [5.74, 6) is -3.96. The molecule has 1 aliphatic rings. The minimum Gasteiger partial charge on any atom is -0.478 e. The molecule has 0 aromatic heterocycles. The molecule has 1 unspecified atom stereocenters. The number of urea groups is 1. The Morgan fingerprint density at radius 3 is 2.35 bits per heavy atom. The third-order valence-electron chi connectivity index (χ3n) is 3.36. The average molecular weight is 284 g/mol. The van der Waals surface area contributed by atoms with Crippen molar-refractivity contribution in [1.82, 2.24) is 5.32 Å². The highest BCUT2D eigenvalue weighted by atomic mass is 19.2. The van der Waals surface area contributed by atoms with Crippen LogP contribution < -0.4 is 10.6 Å². The second-order valence-electron chi connectivity index (χ2n) is 5.46. The van der Waals surface area contributed by atoms with E-state index in [1.165, 1.54) is 0 Å². The van der Waals surface area contributed by atoms with Crippen LogP contribution in [-0.4, -0.2) is 23.1 Å². The SMILES string of the molecule is CC1(C)CC1NC(=O)Nc1cc(F)c(F)cc1C(=O)O. The van der Waals surface area contributed by atoms with Crippen molar-refractivity contribution >= 4 is 17.7 Å². The van der Waals surface area contributed by atoms with Crippen molar-refractivity contribution in [3.05, 3.63) is 29.3 Å². The van der Waals surface area contributed by atoms with Crippen LogP contribution in [0.25, 0.3) is 0 Å². The van der Waals surface area contributed by atoms with Crippen LogP contribution in [0.3, 0.4) is 0 Å². The Labute approximate surface area is 114 Å². The quantitative estimate of drug-likeness (QED) is 0.798. The number of aromatic carboxylic acids is 1. The maximum absolute atomic E-state index is 13.1. The van der Waals surface area contributed by atoms with Crippen LogP contribution in [0.15, 0.2) is 12.1 Å². The number of amides is 2. The number of carbonyl (C=O) groups is 2. The molecule has 1 saturated carbocycles. The molecule has 7 heteroatoms. The molecule has 108 valence electrons. The van der Waals surface area contributed by atoms with E-state index in [0.717, 1.165) is 6.42 Å². The highest BCUT2D eigenvalue weighted by Gasteiger charge is 2.46. The van der Waals surface area contributed by atoms with Gasteiger partial charge in [-0.2, -0.15) is 0 Å². The molecule has 1 fully saturated rings. The Morgan fingerprint density at radius 1 is 1.30 bits per heavy atom. The maximum atomic E-state index is 13.1. The molecule has 3 N–H and O–H groups in total. The van der Waals surface area contributed by atoms with Crippen molar-refractivity contribution in [2.75, 3.05) is 5.32 Å². The summed E-state index contributed by atoms with van der Waals surface area (Å²) in [6.45, 7) is 3.94. The molecule has 1 aromatic rings. The summed E-state index contributed by atoms with van der Waals surface area (Å²) in [5.41, 5.74) is -0.789. The zero-order chi connectivity index (χ0) is 15.1. The lowest BCUT2D eigenvalue weighted by Crippen LogP contribution is -2.33. The summed E-state index contributed by atoms with van der Waals surface area (Å²) in [7, 11) is 0. The molecule has 2 amide bonds. The van der Waals surface area contributed by atoms with E-state index >= 15 is 0 Å². The second-order valence-corrected chi connectivity index (χ2v) is 5.46. The topological polar surface area (TPSA) is 78.4 Å². The van der Waals surface area contributed by atoms with E-state index in [4.69, 9.17) is 5.11 Å². The number of carboxylic acid groups (broad SMARTS) is 1. The van der Waals surface area contributed by atoms with Gasteiger partial charge in [0.05, 0.1) is 11.3 Å². The van der Waals surface area contributed by atoms with E-state index in [9.17, 15) is 18.4 Å². The van der Waals surface area contributed by atoms with Crippen LogP contribution >= 0.6 is 0 Å². The highest BCUT2D eigenvalue weighted by Crippen LogP contribution is 2.44. The first-order valence-electron chi connectivity index (χ1n) is 6.00. The van der Waals surface area contributed by atoms with Gasteiger partial charge in [0.15, 0.2) is 11.6 Å². The largest absolute Gasteiger partial charge is 0.478 e. The number of carboxylic acids is 1. The molecular weight excluding hydrogens is 270 g/mol. The molecule has 1 aromatic carbocycles. The predicted molar refractivity (Wildman–Crippen MR) is 67.7 cm³/mol. The van der Waals surface area contributed by atoms with E-state index in [0.29, 0.717) is 12.1 Å². The summed E-state index contributed by atoms with van der Waals surface area (Å²) < 4.78 is 26.1. The van der Waals surface area contributed by atoms with E-state index in [2.05, 4.69) is 10.6 Å². The summed E-state index contributed by atoms with van der Waals surface area (Å²) in [6, 6.07) is 0.528. The molecule has 0 bridgehead atoms. The van der Waals surface area contributed by atoms with Gasteiger partial charge in [-0.1, -0.05) is 13.8 Å². The molecule has 0 saturated heterocycles. The van der Waals surface area contributed by atoms with Crippen LogP contribution in [-0.2, 0) is 0 Å². The Balaban J connectivity index is 2.14. The molecule has 0 heterocycles.